The molecule has 1 N–H and O–H groups in total. The molecular weight excluding hydrogens is 409 g/mol. The molecule has 0 aromatic heterocycles. The molecule has 4 rings (SSSR count). The van der Waals surface area contributed by atoms with Gasteiger partial charge in [0.2, 0.25) is 5.91 Å². The molecule has 2 amide bonds. The third-order valence-corrected chi connectivity index (χ3v) is 6.09. The van der Waals surface area contributed by atoms with Crippen LogP contribution in [0.25, 0.3) is 0 Å². The van der Waals surface area contributed by atoms with Gasteiger partial charge in [-0.25, -0.2) is 0 Å². The van der Waals surface area contributed by atoms with Gasteiger partial charge >= 0.3 is 6.18 Å². The summed E-state index contributed by atoms with van der Waals surface area (Å²) in [6.07, 6.45) is -5.17. The topological polar surface area (TPSA) is 58.6 Å². The van der Waals surface area contributed by atoms with Gasteiger partial charge in [-0.1, -0.05) is 18.2 Å². The summed E-state index contributed by atoms with van der Waals surface area (Å²) < 4.78 is 45.2. The number of carbonyl (C=O) groups is 2. The number of hydrogen-bond acceptors (Lipinski definition) is 3. The molecular formula is C23H23F3N2O3. The van der Waals surface area contributed by atoms with Crippen molar-refractivity contribution >= 4 is 23.2 Å². The predicted molar refractivity (Wildman–Crippen MR) is 110 cm³/mol. The highest BCUT2D eigenvalue weighted by Gasteiger charge is 2.61. The van der Waals surface area contributed by atoms with E-state index in [9.17, 15) is 22.8 Å². The zero-order valence-electron chi connectivity index (χ0n) is 17.5. The Labute approximate surface area is 178 Å². The summed E-state index contributed by atoms with van der Waals surface area (Å²) in [6.45, 7) is 5.68. The largest absolute Gasteiger partial charge is 0.416 e. The van der Waals surface area contributed by atoms with Crippen LogP contribution >= 0.6 is 0 Å². The zero-order chi connectivity index (χ0) is 22.6. The van der Waals surface area contributed by atoms with E-state index in [2.05, 4.69) is 5.32 Å². The number of alkyl halides is 3. The highest BCUT2D eigenvalue weighted by atomic mass is 19.4. The number of ether oxygens (including phenoxy) is 1. The Kier molecular flexibility index (Phi) is 5.08. The van der Waals surface area contributed by atoms with Gasteiger partial charge < -0.3 is 15.0 Å². The van der Waals surface area contributed by atoms with E-state index in [1.807, 2.05) is 32.0 Å². The van der Waals surface area contributed by atoms with Gasteiger partial charge in [0.1, 0.15) is 5.41 Å². The van der Waals surface area contributed by atoms with Crippen LogP contribution < -0.4 is 10.2 Å². The van der Waals surface area contributed by atoms with Gasteiger partial charge in [-0.15, -0.1) is 0 Å². The summed E-state index contributed by atoms with van der Waals surface area (Å²) in [6, 6.07) is 9.09. The minimum absolute atomic E-state index is 0.0512. The summed E-state index contributed by atoms with van der Waals surface area (Å²) in [5.41, 5.74) is 0.979. The lowest BCUT2D eigenvalue weighted by Crippen LogP contribution is -2.43. The van der Waals surface area contributed by atoms with E-state index in [-0.39, 0.29) is 24.7 Å². The van der Waals surface area contributed by atoms with Crippen molar-refractivity contribution in [2.45, 2.75) is 39.5 Å². The fourth-order valence-corrected chi connectivity index (χ4v) is 4.62. The third-order valence-electron chi connectivity index (χ3n) is 6.09. The van der Waals surface area contributed by atoms with E-state index in [0.717, 1.165) is 28.9 Å². The van der Waals surface area contributed by atoms with Crippen molar-refractivity contribution in [2.24, 2.45) is 5.41 Å². The number of para-hydroxylation sites is 1. The molecule has 0 spiro atoms. The van der Waals surface area contributed by atoms with E-state index in [4.69, 9.17) is 4.74 Å². The number of hydrogen-bond donors (Lipinski definition) is 1. The number of amides is 2. The molecule has 2 saturated heterocycles. The molecule has 2 aromatic rings. The van der Waals surface area contributed by atoms with E-state index < -0.39 is 29.2 Å². The Morgan fingerprint density at radius 3 is 2.48 bits per heavy atom. The van der Waals surface area contributed by atoms with Gasteiger partial charge in [-0.05, 0) is 62.1 Å². The van der Waals surface area contributed by atoms with Crippen LogP contribution in [0, 0.1) is 26.2 Å². The van der Waals surface area contributed by atoms with Crippen molar-refractivity contribution in [3.63, 3.8) is 0 Å². The lowest BCUT2D eigenvalue weighted by atomic mass is 9.82. The van der Waals surface area contributed by atoms with Crippen LogP contribution in [0.5, 0.6) is 0 Å². The molecule has 0 bridgehead atoms. The molecule has 2 fully saturated rings. The molecule has 2 aliphatic heterocycles. The van der Waals surface area contributed by atoms with Gasteiger partial charge in [0.05, 0.1) is 5.56 Å². The first kappa shape index (κ1) is 21.4. The summed E-state index contributed by atoms with van der Waals surface area (Å²) in [4.78, 5) is 28.1. The first-order chi connectivity index (χ1) is 14.5. The Balaban J connectivity index is 1.67. The number of carbonyl (C=O) groups excluding carboxylic acids is 2. The fraction of sp³-hybridized carbons (Fsp3) is 0.391. The smallest absolute Gasteiger partial charge is 0.367 e. The number of nitrogens with one attached hydrogen (secondary N) is 1. The molecule has 8 heteroatoms. The second-order valence-electron chi connectivity index (χ2n) is 8.36. The second-order valence-corrected chi connectivity index (χ2v) is 8.36. The van der Waals surface area contributed by atoms with Gasteiger partial charge in [0.15, 0.2) is 6.10 Å². The van der Waals surface area contributed by atoms with Gasteiger partial charge in [-0.2, -0.15) is 13.2 Å². The SMILES string of the molecule is Cc1cc(NC(=O)[C@@]23CCO[C@@H]2C(=O)N(c2c(C)cccc2C)C3)cc(C(F)(F)F)c1. The monoisotopic (exact) mass is 432 g/mol. The van der Waals surface area contributed by atoms with Crippen LogP contribution in [0.4, 0.5) is 24.5 Å². The molecule has 0 saturated carbocycles. The van der Waals surface area contributed by atoms with Gasteiger partial charge in [0, 0.05) is 24.5 Å². The van der Waals surface area contributed by atoms with Crippen molar-refractivity contribution in [3.8, 4) is 0 Å². The normalized spacial score (nSPS) is 23.2. The molecule has 5 nitrogen and oxygen atoms in total. The number of fused-ring (bicyclic) bond motifs is 1. The number of rotatable bonds is 3. The average molecular weight is 432 g/mol. The maximum absolute atomic E-state index is 13.3. The second kappa shape index (κ2) is 7.37. The van der Waals surface area contributed by atoms with Crippen LogP contribution in [0.1, 0.15) is 28.7 Å². The van der Waals surface area contributed by atoms with E-state index in [1.165, 1.54) is 13.0 Å². The van der Waals surface area contributed by atoms with Crippen LogP contribution in [-0.4, -0.2) is 31.1 Å². The van der Waals surface area contributed by atoms with Crippen molar-refractivity contribution in [1.29, 1.82) is 0 Å². The maximum Gasteiger partial charge on any atom is 0.416 e. The van der Waals surface area contributed by atoms with E-state index >= 15 is 0 Å². The lowest BCUT2D eigenvalue weighted by molar-refractivity contribution is -0.137. The number of aryl methyl sites for hydroxylation is 3. The van der Waals surface area contributed by atoms with Gasteiger partial charge in [-0.3, -0.25) is 9.59 Å². The molecule has 2 heterocycles. The molecule has 2 atom stereocenters. The molecule has 164 valence electrons. The Morgan fingerprint density at radius 2 is 1.84 bits per heavy atom. The number of anilines is 2. The molecule has 2 aliphatic rings. The molecule has 2 aromatic carbocycles. The molecule has 0 radical (unpaired) electrons. The van der Waals surface area contributed by atoms with Crippen molar-refractivity contribution < 1.29 is 27.5 Å². The van der Waals surface area contributed by atoms with Crippen molar-refractivity contribution in [3.05, 3.63) is 58.7 Å². The predicted octanol–water partition coefficient (Wildman–Crippen LogP) is 4.39. The summed E-state index contributed by atoms with van der Waals surface area (Å²) >= 11 is 0. The Hall–Kier alpha value is -2.87. The Morgan fingerprint density at radius 1 is 1.16 bits per heavy atom. The molecule has 0 unspecified atom stereocenters. The fourth-order valence-electron chi connectivity index (χ4n) is 4.62. The highest BCUT2D eigenvalue weighted by Crippen LogP contribution is 2.46. The van der Waals surface area contributed by atoms with Crippen molar-refractivity contribution in [2.75, 3.05) is 23.4 Å². The van der Waals surface area contributed by atoms with Crippen LogP contribution in [0.15, 0.2) is 36.4 Å². The van der Waals surface area contributed by atoms with Crippen LogP contribution in [0.2, 0.25) is 0 Å². The molecule has 31 heavy (non-hydrogen) atoms. The zero-order valence-corrected chi connectivity index (χ0v) is 17.5. The third kappa shape index (κ3) is 3.59. The first-order valence-corrected chi connectivity index (χ1v) is 10.0. The number of nitrogens with zero attached hydrogens (tertiary/aromatic N) is 1. The lowest BCUT2D eigenvalue weighted by Gasteiger charge is -2.26. The quantitative estimate of drug-likeness (QED) is 0.783. The standard InChI is InChI=1S/C23H23F3N2O3/c1-13-9-16(23(24,25)26)11-17(10-13)27-21(30)22-7-8-31-19(22)20(29)28(12-22)18-14(2)5-4-6-15(18)3/h4-6,9-11,19H,7-8,12H2,1-3H3,(H,27,30)/t19-,22-/m1/s1. The van der Waals surface area contributed by atoms with Crippen molar-refractivity contribution in [1.82, 2.24) is 0 Å². The minimum Gasteiger partial charge on any atom is -0.367 e. The Bertz CT molecular complexity index is 1050. The minimum atomic E-state index is -4.52. The number of halogens is 3. The van der Waals surface area contributed by atoms with Crippen LogP contribution in [-0.2, 0) is 20.5 Å². The summed E-state index contributed by atoms with van der Waals surface area (Å²) in [7, 11) is 0. The van der Waals surface area contributed by atoms with E-state index in [1.54, 1.807) is 4.90 Å². The van der Waals surface area contributed by atoms with Gasteiger partial charge in [0.25, 0.3) is 5.91 Å². The average Bonchev–Trinajstić information content (AvgIpc) is 3.20. The number of benzene rings is 2. The summed E-state index contributed by atoms with van der Waals surface area (Å²) in [5.74, 6) is -0.805. The highest BCUT2D eigenvalue weighted by molar-refractivity contribution is 6.09. The van der Waals surface area contributed by atoms with E-state index in [0.29, 0.717) is 12.0 Å². The van der Waals surface area contributed by atoms with Crippen LogP contribution in [0.3, 0.4) is 0 Å². The molecule has 0 aliphatic carbocycles. The first-order valence-electron chi connectivity index (χ1n) is 10.0. The summed E-state index contributed by atoms with van der Waals surface area (Å²) in [5, 5.41) is 2.62. The maximum atomic E-state index is 13.3.